The molecular formula is C31H51N5O5S. The van der Waals surface area contributed by atoms with Crippen LogP contribution in [0.25, 0.3) is 11.1 Å². The number of methoxy groups -OCH3 is 1. The molecule has 1 aromatic heterocycles. The van der Waals surface area contributed by atoms with Crippen molar-refractivity contribution in [1.29, 1.82) is 0 Å². The molecule has 4 N–H and O–H groups in total. The number of nitrogens with zero attached hydrogens (tertiary/aromatic N) is 2. The highest BCUT2D eigenvalue weighted by atomic mass is 32.2. The van der Waals surface area contributed by atoms with Crippen molar-refractivity contribution in [2.45, 2.75) is 57.8 Å². The first-order valence-electron chi connectivity index (χ1n) is 14.9. The Balaban J connectivity index is 0.000000287. The Labute approximate surface area is 255 Å². The number of fused-ring (bicyclic) bond motifs is 3. The Kier molecular flexibility index (Phi) is 16.8. The van der Waals surface area contributed by atoms with Crippen LogP contribution >= 0.6 is 11.9 Å². The molecule has 1 amide bonds. The minimum absolute atomic E-state index is 0.0538. The van der Waals surface area contributed by atoms with E-state index < -0.39 is 0 Å². The molecule has 3 aliphatic rings. The van der Waals surface area contributed by atoms with Gasteiger partial charge in [-0.1, -0.05) is 33.4 Å². The highest BCUT2D eigenvalue weighted by Gasteiger charge is 2.43. The van der Waals surface area contributed by atoms with Crippen molar-refractivity contribution in [3.05, 3.63) is 43.0 Å². The molecule has 11 heteroatoms. The molecule has 10 nitrogen and oxygen atoms in total. The fraction of sp³-hybridized carbons (Fsp3) is 0.613. The number of aromatic nitrogens is 1. The summed E-state index contributed by atoms with van der Waals surface area (Å²) in [5.41, 5.74) is 8.13. The number of allylic oxidation sites excluding steroid dienone is 1. The Morgan fingerprint density at radius 2 is 2.10 bits per heavy atom. The maximum atomic E-state index is 10.4. The highest BCUT2D eigenvalue weighted by molar-refractivity contribution is 7.97. The summed E-state index contributed by atoms with van der Waals surface area (Å²) in [4.78, 5) is 15.6. The lowest BCUT2D eigenvalue weighted by Crippen LogP contribution is -2.28. The molecule has 5 atom stereocenters. The van der Waals surface area contributed by atoms with E-state index in [-0.39, 0.29) is 18.4 Å². The first kappa shape index (κ1) is 35.8. The van der Waals surface area contributed by atoms with Gasteiger partial charge in [0.1, 0.15) is 5.52 Å². The smallest absolute Gasteiger partial charge is 0.292 e. The van der Waals surface area contributed by atoms with Crippen LogP contribution in [-0.4, -0.2) is 81.1 Å². The number of oxazole rings is 1. The topological polar surface area (TPSA) is 124 Å². The fourth-order valence-corrected chi connectivity index (χ4v) is 6.16. The molecule has 1 aromatic carbocycles. The van der Waals surface area contributed by atoms with Crippen molar-refractivity contribution in [2.24, 2.45) is 17.8 Å². The molecule has 5 rings (SSSR count). The third-order valence-electron chi connectivity index (χ3n) is 7.08. The maximum Gasteiger partial charge on any atom is 0.292 e. The number of hydrogen-bond acceptors (Lipinski definition) is 10. The van der Waals surface area contributed by atoms with E-state index in [9.17, 15) is 4.79 Å². The number of nitrogens with one attached hydrogen (secondary N) is 2. The summed E-state index contributed by atoms with van der Waals surface area (Å²) in [6, 6.07) is 6.15. The SMILES string of the molecule is C=C1COC2OCC(C1OC)C2C.C=CC.CC.Nc1nc2ccc(SN(CCCNC=O)CC3CCNC3)cc2o1. The van der Waals surface area contributed by atoms with Crippen LogP contribution in [0.2, 0.25) is 0 Å². The number of nitrogen functional groups attached to an aromatic ring is 1. The van der Waals surface area contributed by atoms with Gasteiger partial charge in [0.15, 0.2) is 11.9 Å². The molecule has 0 radical (unpaired) electrons. The zero-order valence-corrected chi connectivity index (χ0v) is 26.8. The quantitative estimate of drug-likeness (QED) is 0.149. The van der Waals surface area contributed by atoms with Crippen LogP contribution in [-0.2, 0) is 19.0 Å². The van der Waals surface area contributed by atoms with Crippen molar-refractivity contribution in [1.82, 2.24) is 19.9 Å². The molecule has 5 unspecified atom stereocenters. The van der Waals surface area contributed by atoms with Gasteiger partial charge in [0, 0.05) is 43.5 Å². The van der Waals surface area contributed by atoms with Crippen LogP contribution in [0.1, 0.15) is 40.5 Å². The third kappa shape index (κ3) is 11.0. The van der Waals surface area contributed by atoms with Crippen molar-refractivity contribution in [3.8, 4) is 0 Å². The molecule has 2 aromatic rings. The Morgan fingerprint density at radius 1 is 1.33 bits per heavy atom. The van der Waals surface area contributed by atoms with Crippen LogP contribution in [0.3, 0.4) is 0 Å². The number of carbonyl (C=O) groups is 1. The molecule has 3 saturated heterocycles. The molecule has 3 fully saturated rings. The largest absolute Gasteiger partial charge is 0.424 e. The number of benzene rings is 1. The second-order valence-electron chi connectivity index (χ2n) is 10.2. The lowest BCUT2D eigenvalue weighted by molar-refractivity contribution is -0.122. The normalized spacial score (nSPS) is 24.4. The molecular weight excluding hydrogens is 554 g/mol. The summed E-state index contributed by atoms with van der Waals surface area (Å²) in [6.07, 6.45) is 4.68. The Bertz CT molecular complexity index is 1080. The van der Waals surface area contributed by atoms with Crippen LogP contribution < -0.4 is 16.4 Å². The Morgan fingerprint density at radius 3 is 2.76 bits per heavy atom. The van der Waals surface area contributed by atoms with Gasteiger partial charge in [-0.3, -0.25) is 4.79 Å². The van der Waals surface area contributed by atoms with Crippen molar-refractivity contribution >= 4 is 35.5 Å². The van der Waals surface area contributed by atoms with E-state index in [1.54, 1.807) is 25.1 Å². The van der Waals surface area contributed by atoms with Crippen LogP contribution in [0, 0.1) is 17.8 Å². The molecule has 42 heavy (non-hydrogen) atoms. The summed E-state index contributed by atoms with van der Waals surface area (Å²) in [6.45, 7) is 21.5. The zero-order chi connectivity index (χ0) is 30.9. The van der Waals surface area contributed by atoms with E-state index in [0.29, 0.717) is 36.5 Å². The summed E-state index contributed by atoms with van der Waals surface area (Å²) in [5, 5.41) is 6.14. The van der Waals surface area contributed by atoms with Gasteiger partial charge in [0.05, 0.1) is 19.3 Å². The summed E-state index contributed by atoms with van der Waals surface area (Å²) >= 11 is 1.72. The molecule has 2 bridgehead atoms. The van der Waals surface area contributed by atoms with Gasteiger partial charge in [-0.05, 0) is 74.5 Å². The van der Waals surface area contributed by atoms with Gasteiger partial charge in [-0.15, -0.1) is 6.58 Å². The first-order valence-corrected chi connectivity index (χ1v) is 15.6. The van der Waals surface area contributed by atoms with Gasteiger partial charge >= 0.3 is 0 Å². The van der Waals surface area contributed by atoms with Gasteiger partial charge in [-0.2, -0.15) is 4.98 Å². The molecule has 0 saturated carbocycles. The minimum atomic E-state index is -0.0538. The van der Waals surface area contributed by atoms with Gasteiger partial charge in [0.25, 0.3) is 6.01 Å². The van der Waals surface area contributed by atoms with E-state index >= 15 is 0 Å². The van der Waals surface area contributed by atoms with Gasteiger partial charge in [0.2, 0.25) is 6.41 Å². The van der Waals surface area contributed by atoms with E-state index in [1.165, 1.54) is 6.42 Å². The first-order chi connectivity index (χ1) is 20.4. The van der Waals surface area contributed by atoms with E-state index in [0.717, 1.165) is 61.6 Å². The summed E-state index contributed by atoms with van der Waals surface area (Å²) in [5.74, 6) is 1.48. The van der Waals surface area contributed by atoms with Crippen LogP contribution in [0.5, 0.6) is 0 Å². The predicted molar refractivity (Wildman–Crippen MR) is 171 cm³/mol. The number of carbonyl (C=O) groups excluding carboxylic acids is 1. The summed E-state index contributed by atoms with van der Waals surface area (Å²) < 4.78 is 24.3. The number of anilines is 1. The molecule has 0 aliphatic carbocycles. The maximum absolute atomic E-state index is 10.4. The van der Waals surface area contributed by atoms with Gasteiger partial charge in [-0.25, -0.2) is 4.31 Å². The van der Waals surface area contributed by atoms with E-state index in [4.69, 9.17) is 24.4 Å². The van der Waals surface area contributed by atoms with E-state index in [2.05, 4.69) is 40.0 Å². The van der Waals surface area contributed by atoms with Gasteiger partial charge < -0.3 is 35.0 Å². The number of rotatable bonds is 10. The molecule has 236 valence electrons. The van der Waals surface area contributed by atoms with Crippen molar-refractivity contribution in [2.75, 3.05) is 58.8 Å². The number of nitrogens with two attached hydrogens (primary N) is 1. The second kappa shape index (κ2) is 19.7. The monoisotopic (exact) mass is 605 g/mol. The van der Waals surface area contributed by atoms with Crippen LogP contribution in [0.4, 0.5) is 6.01 Å². The summed E-state index contributed by atoms with van der Waals surface area (Å²) in [7, 11) is 1.72. The van der Waals surface area contributed by atoms with E-state index in [1.807, 2.05) is 39.0 Å². The van der Waals surface area contributed by atoms with Crippen molar-refractivity contribution < 1.29 is 23.4 Å². The second-order valence-corrected chi connectivity index (χ2v) is 11.4. The highest BCUT2D eigenvalue weighted by Crippen LogP contribution is 2.36. The number of amides is 1. The lowest BCUT2D eigenvalue weighted by atomic mass is 9.89. The zero-order valence-electron chi connectivity index (χ0n) is 26.0. The standard InChI is InChI=1S/C16H23N5O2S.C10H16O3.C3H6.C2H6/c17-16-20-14-3-2-13(8-15(14)23-16)24-21(7-1-5-19-11-22)10-12-4-6-18-9-12;1-6-4-12-10-7(2)8(5-13-10)9(6)11-3;1-3-2;1-2/h2-3,8,11-12,18H,1,4-7,9-10H2,(H2,17,20)(H,19,22);7-10H,1,4-5H2,2-3H3;3H,1H2,2H3;1-2H3. The lowest BCUT2D eigenvalue weighted by Gasteiger charge is -2.24. The van der Waals surface area contributed by atoms with Crippen molar-refractivity contribution in [3.63, 3.8) is 0 Å². The average Bonchev–Trinajstić information content (AvgIpc) is 3.70. The average molecular weight is 606 g/mol. The molecule has 3 aliphatic heterocycles. The fourth-order valence-electron chi connectivity index (χ4n) is 5.07. The predicted octanol–water partition coefficient (Wildman–Crippen LogP) is 4.88. The Hall–Kier alpha value is -2.41. The number of ether oxygens (including phenoxy) is 3. The third-order valence-corrected chi connectivity index (χ3v) is 8.14. The minimum Gasteiger partial charge on any atom is -0.424 e. The number of hydrogen-bond donors (Lipinski definition) is 3. The molecule has 4 heterocycles. The molecule has 0 spiro atoms. The van der Waals surface area contributed by atoms with Crippen LogP contribution in [0.15, 0.2) is 52.3 Å².